The van der Waals surface area contributed by atoms with Crippen LogP contribution in [-0.4, -0.2) is 23.9 Å². The predicted molar refractivity (Wildman–Crippen MR) is 67.3 cm³/mol. The van der Waals surface area contributed by atoms with Crippen molar-refractivity contribution < 1.29 is 4.39 Å². The summed E-state index contributed by atoms with van der Waals surface area (Å²) in [5.41, 5.74) is 7.35. The minimum atomic E-state index is -0.188. The number of nitrogens with zero attached hydrogens (tertiary/aromatic N) is 2. The smallest absolute Gasteiger partial charge is 0.192 e. The van der Waals surface area contributed by atoms with E-state index in [1.807, 2.05) is 11.0 Å². The van der Waals surface area contributed by atoms with Crippen LogP contribution in [0.3, 0.4) is 0 Å². The van der Waals surface area contributed by atoms with Crippen molar-refractivity contribution in [2.45, 2.75) is 13.0 Å². The Balaban J connectivity index is 2.27. The Hall–Kier alpha value is -1.84. The van der Waals surface area contributed by atoms with Crippen molar-refractivity contribution >= 4 is 5.96 Å². The Bertz CT molecular complexity index is 468. The molecule has 2 N–H and O–H groups in total. The fourth-order valence-electron chi connectivity index (χ4n) is 1.99. The number of halogens is 1. The van der Waals surface area contributed by atoms with E-state index in [0.29, 0.717) is 24.6 Å². The van der Waals surface area contributed by atoms with Crippen molar-refractivity contribution in [1.29, 1.82) is 0 Å². The van der Waals surface area contributed by atoms with Gasteiger partial charge in [-0.2, -0.15) is 0 Å². The Morgan fingerprint density at radius 1 is 1.65 bits per heavy atom. The Morgan fingerprint density at radius 2 is 2.41 bits per heavy atom. The molecule has 0 radical (unpaired) electrons. The van der Waals surface area contributed by atoms with Crippen molar-refractivity contribution in [3.63, 3.8) is 0 Å². The lowest BCUT2D eigenvalue weighted by atomic mass is 10.0. The minimum absolute atomic E-state index is 0.0168. The van der Waals surface area contributed by atoms with Gasteiger partial charge in [0.2, 0.25) is 0 Å². The first-order valence-electron chi connectivity index (χ1n) is 5.57. The minimum Gasteiger partial charge on any atom is -0.370 e. The van der Waals surface area contributed by atoms with Gasteiger partial charge < -0.3 is 10.6 Å². The summed E-state index contributed by atoms with van der Waals surface area (Å²) in [5, 5.41) is 0. The van der Waals surface area contributed by atoms with Crippen LogP contribution in [0.5, 0.6) is 0 Å². The van der Waals surface area contributed by atoms with Crippen LogP contribution in [0.25, 0.3) is 0 Å². The van der Waals surface area contributed by atoms with Gasteiger partial charge in [-0.1, -0.05) is 18.2 Å². The zero-order valence-electron chi connectivity index (χ0n) is 9.86. The number of guanidine groups is 1. The predicted octanol–water partition coefficient (Wildman–Crippen LogP) is 1.99. The van der Waals surface area contributed by atoms with Crippen LogP contribution in [0, 0.1) is 12.7 Å². The second kappa shape index (κ2) is 4.57. The average Bonchev–Trinajstić information content (AvgIpc) is 2.66. The third kappa shape index (κ3) is 2.16. The lowest BCUT2D eigenvalue weighted by Crippen LogP contribution is -2.36. The van der Waals surface area contributed by atoms with E-state index in [1.54, 1.807) is 25.1 Å². The fourth-order valence-corrected chi connectivity index (χ4v) is 1.99. The molecule has 1 aromatic carbocycles. The van der Waals surface area contributed by atoms with Gasteiger partial charge in [0.15, 0.2) is 5.96 Å². The van der Waals surface area contributed by atoms with Crippen LogP contribution in [0.15, 0.2) is 35.8 Å². The average molecular weight is 233 g/mol. The standard InChI is InChI=1S/C13H16FN3/c1-3-6-17-12(8-16-13(17)15)10-5-4-9(2)11(14)7-10/h3-5,7,12H,1,6,8H2,2H3,(H2,15,16). The fraction of sp³-hybridized carbons (Fsp3) is 0.308. The molecule has 0 aromatic heterocycles. The first kappa shape index (κ1) is 11.6. The van der Waals surface area contributed by atoms with E-state index >= 15 is 0 Å². The number of aliphatic imine (C=N–C) groups is 1. The number of hydrogen-bond donors (Lipinski definition) is 1. The molecule has 0 saturated carbocycles. The summed E-state index contributed by atoms with van der Waals surface area (Å²) in [7, 11) is 0. The van der Waals surface area contributed by atoms with Gasteiger partial charge in [-0.25, -0.2) is 4.39 Å². The van der Waals surface area contributed by atoms with Crippen molar-refractivity contribution in [2.24, 2.45) is 10.7 Å². The van der Waals surface area contributed by atoms with Crippen LogP contribution in [0.4, 0.5) is 4.39 Å². The van der Waals surface area contributed by atoms with E-state index in [0.717, 1.165) is 5.56 Å². The van der Waals surface area contributed by atoms with E-state index in [1.165, 1.54) is 0 Å². The van der Waals surface area contributed by atoms with Crippen LogP contribution in [0.1, 0.15) is 17.2 Å². The molecular weight excluding hydrogens is 217 g/mol. The number of aryl methyl sites for hydroxylation is 1. The molecule has 17 heavy (non-hydrogen) atoms. The van der Waals surface area contributed by atoms with E-state index in [4.69, 9.17) is 5.73 Å². The first-order chi connectivity index (χ1) is 8.13. The van der Waals surface area contributed by atoms with Gasteiger partial charge in [0.1, 0.15) is 5.82 Å². The molecule has 0 saturated heterocycles. The number of nitrogens with two attached hydrogens (primary N) is 1. The summed E-state index contributed by atoms with van der Waals surface area (Å²) >= 11 is 0. The highest BCUT2D eigenvalue weighted by Gasteiger charge is 2.26. The van der Waals surface area contributed by atoms with Gasteiger partial charge >= 0.3 is 0 Å². The van der Waals surface area contributed by atoms with E-state index < -0.39 is 0 Å². The molecule has 0 amide bonds. The highest BCUT2D eigenvalue weighted by Crippen LogP contribution is 2.26. The molecule has 0 fully saturated rings. The number of rotatable bonds is 3. The summed E-state index contributed by atoms with van der Waals surface area (Å²) in [6.45, 7) is 6.63. The normalized spacial score (nSPS) is 19.3. The molecule has 2 rings (SSSR count). The molecule has 1 aliphatic heterocycles. The molecule has 1 heterocycles. The van der Waals surface area contributed by atoms with Gasteiger partial charge in [-0.05, 0) is 24.1 Å². The summed E-state index contributed by atoms with van der Waals surface area (Å²) in [5.74, 6) is 0.308. The Kier molecular flexibility index (Phi) is 3.13. The maximum Gasteiger partial charge on any atom is 0.192 e. The van der Waals surface area contributed by atoms with Gasteiger partial charge in [0.25, 0.3) is 0 Å². The quantitative estimate of drug-likeness (QED) is 0.811. The maximum atomic E-state index is 13.5. The van der Waals surface area contributed by atoms with Gasteiger partial charge in [-0.3, -0.25) is 4.99 Å². The van der Waals surface area contributed by atoms with Crippen molar-refractivity contribution in [1.82, 2.24) is 4.90 Å². The molecule has 1 aromatic rings. The molecule has 0 spiro atoms. The van der Waals surface area contributed by atoms with Gasteiger partial charge in [0, 0.05) is 6.54 Å². The third-order valence-corrected chi connectivity index (χ3v) is 3.00. The molecule has 1 atom stereocenters. The van der Waals surface area contributed by atoms with Crippen LogP contribution >= 0.6 is 0 Å². The Labute approximate surface area is 100 Å². The summed E-state index contributed by atoms with van der Waals surface area (Å²) in [4.78, 5) is 6.12. The van der Waals surface area contributed by atoms with E-state index in [-0.39, 0.29) is 11.9 Å². The topological polar surface area (TPSA) is 41.6 Å². The SMILES string of the molecule is C=CCN1C(N)=NCC1c1ccc(C)c(F)c1. The Morgan fingerprint density at radius 3 is 3.06 bits per heavy atom. The van der Waals surface area contributed by atoms with Crippen LogP contribution in [0.2, 0.25) is 0 Å². The second-order valence-corrected chi connectivity index (χ2v) is 4.16. The summed E-state index contributed by atoms with van der Waals surface area (Å²) in [6, 6.07) is 5.28. The number of benzene rings is 1. The molecule has 0 aliphatic carbocycles. The van der Waals surface area contributed by atoms with Crippen LogP contribution in [-0.2, 0) is 0 Å². The third-order valence-electron chi connectivity index (χ3n) is 3.00. The molecule has 4 heteroatoms. The molecule has 90 valence electrons. The maximum absolute atomic E-state index is 13.5. The lowest BCUT2D eigenvalue weighted by Gasteiger charge is -2.25. The summed E-state index contributed by atoms with van der Waals surface area (Å²) < 4.78 is 13.5. The first-order valence-corrected chi connectivity index (χ1v) is 5.57. The van der Waals surface area contributed by atoms with Crippen LogP contribution < -0.4 is 5.73 Å². The molecular formula is C13H16FN3. The lowest BCUT2D eigenvalue weighted by molar-refractivity contribution is 0.379. The second-order valence-electron chi connectivity index (χ2n) is 4.16. The molecule has 0 bridgehead atoms. The largest absolute Gasteiger partial charge is 0.370 e. The monoisotopic (exact) mass is 233 g/mol. The van der Waals surface area contributed by atoms with E-state index in [9.17, 15) is 4.39 Å². The zero-order valence-corrected chi connectivity index (χ0v) is 9.86. The van der Waals surface area contributed by atoms with Crippen molar-refractivity contribution in [2.75, 3.05) is 13.1 Å². The van der Waals surface area contributed by atoms with Gasteiger partial charge in [-0.15, -0.1) is 6.58 Å². The molecule has 3 nitrogen and oxygen atoms in total. The van der Waals surface area contributed by atoms with Gasteiger partial charge in [0.05, 0.1) is 12.6 Å². The van der Waals surface area contributed by atoms with Crippen molar-refractivity contribution in [3.8, 4) is 0 Å². The highest BCUT2D eigenvalue weighted by atomic mass is 19.1. The van der Waals surface area contributed by atoms with Crippen molar-refractivity contribution in [3.05, 3.63) is 47.8 Å². The molecule has 1 unspecified atom stereocenters. The number of hydrogen-bond acceptors (Lipinski definition) is 3. The van der Waals surface area contributed by atoms with E-state index in [2.05, 4.69) is 11.6 Å². The highest BCUT2D eigenvalue weighted by molar-refractivity contribution is 5.80. The molecule has 1 aliphatic rings. The zero-order chi connectivity index (χ0) is 12.4. The summed E-state index contributed by atoms with van der Waals surface area (Å²) in [6.07, 6.45) is 1.77.